The van der Waals surface area contributed by atoms with E-state index in [1.165, 1.54) is 0 Å². The monoisotopic (exact) mass is 553 g/mol. The second-order valence-electron chi connectivity index (χ2n) is 14.7. The number of rotatable bonds is 8. The van der Waals surface area contributed by atoms with Crippen LogP contribution in [0.5, 0.6) is 17.4 Å². The maximum Gasteiger partial charge on any atom is 0.213 e. The van der Waals surface area contributed by atoms with Crippen LogP contribution in [0.1, 0.15) is 68.7 Å². The lowest BCUT2D eigenvalue weighted by atomic mass is 9.70. The molecule has 8 nitrogen and oxygen atoms in total. The number of piperazine rings is 1. The van der Waals surface area contributed by atoms with Gasteiger partial charge in [0.15, 0.2) is 0 Å². The Morgan fingerprint density at radius 3 is 2.33 bits per heavy atom. The Balaban J connectivity index is 1.49. The highest BCUT2D eigenvalue weighted by atomic mass is 16.5. The van der Waals surface area contributed by atoms with Crippen LogP contribution >= 0.6 is 0 Å². The summed E-state index contributed by atoms with van der Waals surface area (Å²) in [4.78, 5) is 14.2. The third kappa shape index (κ3) is 8.46. The van der Waals surface area contributed by atoms with Crippen molar-refractivity contribution in [2.75, 3.05) is 38.2 Å². The summed E-state index contributed by atoms with van der Waals surface area (Å²) in [6.45, 7) is 22.8. The van der Waals surface area contributed by atoms with Gasteiger partial charge in [-0.3, -0.25) is 4.90 Å². The molecule has 0 aromatic carbocycles. The molecule has 4 rings (SSSR count). The van der Waals surface area contributed by atoms with Crippen molar-refractivity contribution < 1.29 is 14.2 Å². The van der Waals surface area contributed by atoms with Crippen molar-refractivity contribution in [3.63, 3.8) is 0 Å². The van der Waals surface area contributed by atoms with Gasteiger partial charge in [-0.15, -0.1) is 0 Å². The quantitative estimate of drug-likeness (QED) is 0.465. The highest BCUT2D eigenvalue weighted by Crippen LogP contribution is 2.39. The van der Waals surface area contributed by atoms with Gasteiger partial charge in [0.2, 0.25) is 5.88 Å². The summed E-state index contributed by atoms with van der Waals surface area (Å²) in [5.41, 5.74) is -0.143. The topological polar surface area (TPSA) is 72.0 Å². The van der Waals surface area contributed by atoms with Crippen LogP contribution in [0, 0.1) is 11.3 Å². The second kappa shape index (κ2) is 11.7. The molecule has 2 aromatic rings. The zero-order valence-corrected chi connectivity index (χ0v) is 26.3. The Morgan fingerprint density at radius 1 is 0.950 bits per heavy atom. The van der Waals surface area contributed by atoms with E-state index in [9.17, 15) is 0 Å². The molecule has 1 saturated carbocycles. The minimum atomic E-state index is -0.264. The summed E-state index contributed by atoms with van der Waals surface area (Å²) in [6, 6.07) is 8.56. The van der Waals surface area contributed by atoms with Gasteiger partial charge in [0.1, 0.15) is 29.0 Å². The largest absolute Gasteiger partial charge is 0.493 e. The fourth-order valence-electron chi connectivity index (χ4n) is 5.47. The first-order chi connectivity index (χ1) is 18.6. The number of ether oxygens (including phenoxy) is 3. The van der Waals surface area contributed by atoms with E-state index in [0.717, 1.165) is 43.4 Å². The Hall–Kier alpha value is -2.58. The third-order valence-electron chi connectivity index (χ3n) is 7.26. The van der Waals surface area contributed by atoms with Gasteiger partial charge in [-0.05, 0) is 66.1 Å². The van der Waals surface area contributed by atoms with Crippen molar-refractivity contribution in [2.24, 2.45) is 11.3 Å². The van der Waals surface area contributed by atoms with E-state index in [2.05, 4.69) is 74.8 Å². The average molecular weight is 554 g/mol. The molecule has 40 heavy (non-hydrogen) atoms. The van der Waals surface area contributed by atoms with Crippen LogP contribution in [-0.4, -0.2) is 77.5 Å². The molecule has 2 aromatic heterocycles. The molecule has 2 fully saturated rings. The van der Waals surface area contributed by atoms with Crippen molar-refractivity contribution >= 4 is 5.82 Å². The predicted octanol–water partition coefficient (Wildman–Crippen LogP) is 5.42. The molecular formula is C32H51N5O3. The Labute approximate surface area is 241 Å². The minimum Gasteiger partial charge on any atom is -0.493 e. The SMILES string of the molecule is CN1CCN(c2cc(OCC(C)(C)C)ccn2)CC1C1[C@@H](Oc2ccc(OC(C)(C)C)cn2)C[C@H]1NC(C)(C)C. The number of nitrogens with one attached hydrogen (secondary N) is 1. The number of aromatic nitrogens is 2. The number of nitrogens with zero attached hydrogens (tertiary/aromatic N) is 4. The van der Waals surface area contributed by atoms with Gasteiger partial charge in [-0.25, -0.2) is 9.97 Å². The highest BCUT2D eigenvalue weighted by molar-refractivity contribution is 5.44. The van der Waals surface area contributed by atoms with E-state index in [4.69, 9.17) is 19.2 Å². The summed E-state index contributed by atoms with van der Waals surface area (Å²) in [6.07, 6.45) is 4.64. The van der Waals surface area contributed by atoms with Gasteiger partial charge < -0.3 is 24.4 Å². The molecule has 8 heteroatoms. The van der Waals surface area contributed by atoms with Gasteiger partial charge >= 0.3 is 0 Å². The van der Waals surface area contributed by atoms with Crippen LogP contribution in [0.4, 0.5) is 5.82 Å². The summed E-state index contributed by atoms with van der Waals surface area (Å²) in [5.74, 6) is 3.54. The fourth-order valence-corrected chi connectivity index (χ4v) is 5.47. The zero-order chi connectivity index (χ0) is 29.3. The second-order valence-corrected chi connectivity index (χ2v) is 14.7. The lowest BCUT2D eigenvalue weighted by molar-refractivity contribution is -0.0498. The number of likely N-dealkylation sites (N-methyl/N-ethyl adjacent to an activating group) is 1. The third-order valence-corrected chi connectivity index (χ3v) is 7.26. The van der Waals surface area contributed by atoms with Crippen molar-refractivity contribution in [3.05, 3.63) is 36.7 Å². The average Bonchev–Trinajstić information content (AvgIpc) is 2.82. The number of hydrogen-bond acceptors (Lipinski definition) is 8. The van der Waals surface area contributed by atoms with Crippen molar-refractivity contribution in [2.45, 2.75) is 98.1 Å². The summed E-state index contributed by atoms with van der Waals surface area (Å²) in [5, 5.41) is 3.87. The molecular weight excluding hydrogens is 502 g/mol. The molecule has 1 N–H and O–H groups in total. The molecule has 2 unspecified atom stereocenters. The van der Waals surface area contributed by atoms with Gasteiger partial charge in [0.05, 0.1) is 12.8 Å². The zero-order valence-electron chi connectivity index (χ0n) is 26.3. The molecule has 3 heterocycles. The normalized spacial score (nSPS) is 24.4. The smallest absolute Gasteiger partial charge is 0.213 e. The Morgan fingerprint density at radius 2 is 1.70 bits per heavy atom. The van der Waals surface area contributed by atoms with E-state index in [-0.39, 0.29) is 22.7 Å². The molecule has 2 aliphatic rings. The summed E-state index contributed by atoms with van der Waals surface area (Å²) >= 11 is 0. The van der Waals surface area contributed by atoms with Crippen molar-refractivity contribution in [1.82, 2.24) is 20.2 Å². The predicted molar refractivity (Wildman–Crippen MR) is 162 cm³/mol. The summed E-state index contributed by atoms with van der Waals surface area (Å²) in [7, 11) is 2.23. The molecule has 1 saturated heterocycles. The molecule has 0 spiro atoms. The number of anilines is 1. The Kier molecular flexibility index (Phi) is 8.91. The minimum absolute atomic E-state index is 0.0191. The lowest BCUT2D eigenvalue weighted by Gasteiger charge is -2.54. The fraction of sp³-hybridized carbons (Fsp3) is 0.688. The molecule has 222 valence electrons. The van der Waals surface area contributed by atoms with Gasteiger partial charge in [0, 0.05) is 67.9 Å². The lowest BCUT2D eigenvalue weighted by Crippen LogP contribution is -2.69. The number of hydrogen-bond donors (Lipinski definition) is 1. The highest BCUT2D eigenvalue weighted by Gasteiger charge is 2.50. The molecule has 1 aliphatic carbocycles. The van der Waals surface area contributed by atoms with Crippen molar-refractivity contribution in [1.29, 1.82) is 0 Å². The molecule has 4 atom stereocenters. The summed E-state index contributed by atoms with van der Waals surface area (Å²) < 4.78 is 18.6. The number of pyridine rings is 2. The van der Waals surface area contributed by atoms with Crippen LogP contribution in [0.2, 0.25) is 0 Å². The van der Waals surface area contributed by atoms with Crippen LogP contribution in [0.3, 0.4) is 0 Å². The maximum atomic E-state index is 6.53. The Bertz CT molecular complexity index is 1100. The van der Waals surface area contributed by atoms with E-state index in [1.807, 2.05) is 45.2 Å². The van der Waals surface area contributed by atoms with Crippen LogP contribution < -0.4 is 24.4 Å². The maximum absolute atomic E-state index is 6.53. The van der Waals surface area contributed by atoms with Crippen LogP contribution in [0.15, 0.2) is 36.7 Å². The van der Waals surface area contributed by atoms with Crippen LogP contribution in [0.25, 0.3) is 0 Å². The molecule has 0 radical (unpaired) electrons. The van der Waals surface area contributed by atoms with E-state index in [0.29, 0.717) is 30.5 Å². The van der Waals surface area contributed by atoms with E-state index < -0.39 is 0 Å². The van der Waals surface area contributed by atoms with E-state index in [1.54, 1.807) is 6.20 Å². The first kappa shape index (κ1) is 30.4. The van der Waals surface area contributed by atoms with Crippen molar-refractivity contribution in [3.8, 4) is 17.4 Å². The molecule has 1 aliphatic heterocycles. The van der Waals surface area contributed by atoms with Gasteiger partial charge in [-0.1, -0.05) is 20.8 Å². The van der Waals surface area contributed by atoms with Gasteiger partial charge in [-0.2, -0.15) is 0 Å². The van der Waals surface area contributed by atoms with Gasteiger partial charge in [0.25, 0.3) is 0 Å². The van der Waals surface area contributed by atoms with Crippen LogP contribution in [-0.2, 0) is 0 Å². The first-order valence-electron chi connectivity index (χ1n) is 14.7. The van der Waals surface area contributed by atoms with E-state index >= 15 is 0 Å². The molecule has 0 amide bonds. The molecule has 0 bridgehead atoms. The first-order valence-corrected chi connectivity index (χ1v) is 14.7. The standard InChI is InChI=1S/C32H51N5O3/c1-30(2,3)21-38-22-13-14-33-27(17-22)37-16-15-36(10)25(20-37)29-24(35-31(4,5)6)18-26(29)39-28-12-11-23(19-34-28)40-32(7,8)9/h11-14,17,19,24-26,29,35H,15-16,18,20-21H2,1-10H3/t24-,25?,26+,29?/m1/s1.